The van der Waals surface area contributed by atoms with Crippen molar-refractivity contribution >= 4 is 11.9 Å². The van der Waals surface area contributed by atoms with Gasteiger partial charge in [-0.15, -0.1) is 0 Å². The molecule has 1 N–H and O–H groups in total. The van der Waals surface area contributed by atoms with Crippen molar-refractivity contribution < 1.29 is 14.3 Å². The Morgan fingerprint density at radius 3 is 2.73 bits per heavy atom. The summed E-state index contributed by atoms with van der Waals surface area (Å²) in [7, 11) is 1.69. The zero-order chi connectivity index (χ0) is 16.6. The molecule has 1 saturated heterocycles. The number of esters is 1. The van der Waals surface area contributed by atoms with Gasteiger partial charge in [0.1, 0.15) is 0 Å². The Bertz CT molecular complexity index is 383. The maximum atomic E-state index is 12.0. The molecule has 0 radical (unpaired) electrons. The van der Waals surface area contributed by atoms with Crippen LogP contribution >= 0.6 is 0 Å². The number of rotatable bonds is 6. The number of hydrogen-bond donors (Lipinski definition) is 1. The molecule has 0 unspecified atom stereocenters. The highest BCUT2D eigenvalue weighted by Gasteiger charge is 2.28. The largest absolute Gasteiger partial charge is 0.466 e. The van der Waals surface area contributed by atoms with Crippen molar-refractivity contribution in [3.8, 4) is 0 Å². The van der Waals surface area contributed by atoms with Gasteiger partial charge in [-0.1, -0.05) is 0 Å². The molecule has 1 aliphatic heterocycles. The molecule has 6 nitrogen and oxygen atoms in total. The average Bonchev–Trinajstić information content (AvgIpc) is 2.52. The average molecular weight is 313 g/mol. The van der Waals surface area contributed by atoms with E-state index in [1.165, 1.54) is 0 Å². The van der Waals surface area contributed by atoms with Crippen LogP contribution in [0.5, 0.6) is 0 Å². The Kier molecular flexibility index (Phi) is 7.65. The molecule has 0 bridgehead atoms. The summed E-state index contributed by atoms with van der Waals surface area (Å²) >= 11 is 0. The van der Waals surface area contributed by atoms with Crippen LogP contribution in [-0.2, 0) is 14.3 Å². The van der Waals surface area contributed by atoms with Gasteiger partial charge in [0.25, 0.3) is 0 Å². The number of nitrogens with zero attached hydrogens (tertiary/aromatic N) is 2. The minimum atomic E-state index is -0.295. The molecule has 0 aliphatic carbocycles. The first-order chi connectivity index (χ1) is 10.4. The third-order valence-electron chi connectivity index (χ3n) is 3.84. The van der Waals surface area contributed by atoms with E-state index in [1.54, 1.807) is 7.11 Å². The highest BCUT2D eigenvalue weighted by molar-refractivity contribution is 5.81. The van der Waals surface area contributed by atoms with Crippen LogP contribution in [0.2, 0.25) is 0 Å². The van der Waals surface area contributed by atoms with E-state index in [2.05, 4.69) is 15.2 Å². The lowest BCUT2D eigenvalue weighted by molar-refractivity contribution is -0.149. The number of methoxy groups -OCH3 is 1. The third kappa shape index (κ3) is 5.83. The van der Waals surface area contributed by atoms with Gasteiger partial charge in [-0.25, -0.2) is 0 Å². The van der Waals surface area contributed by atoms with E-state index in [-0.39, 0.29) is 17.5 Å². The molecule has 0 aromatic rings. The molecule has 0 saturated carbocycles. The number of likely N-dealkylation sites (tertiary alicyclic amines) is 1. The van der Waals surface area contributed by atoms with E-state index < -0.39 is 0 Å². The van der Waals surface area contributed by atoms with E-state index in [9.17, 15) is 4.79 Å². The number of piperidine rings is 1. The van der Waals surface area contributed by atoms with Gasteiger partial charge in [0, 0.05) is 26.7 Å². The van der Waals surface area contributed by atoms with Gasteiger partial charge in [0.15, 0.2) is 5.96 Å². The summed E-state index contributed by atoms with van der Waals surface area (Å²) in [5, 5.41) is 3.31. The molecule has 0 amide bonds. The highest BCUT2D eigenvalue weighted by Crippen LogP contribution is 2.18. The second kappa shape index (κ2) is 8.98. The van der Waals surface area contributed by atoms with Gasteiger partial charge in [0.05, 0.1) is 24.7 Å². The first kappa shape index (κ1) is 18.7. The van der Waals surface area contributed by atoms with Crippen LogP contribution in [0.15, 0.2) is 4.99 Å². The molecule has 1 rings (SSSR count). The topological polar surface area (TPSA) is 63.2 Å². The Morgan fingerprint density at radius 2 is 2.14 bits per heavy atom. The lowest BCUT2D eigenvalue weighted by Gasteiger charge is -2.34. The van der Waals surface area contributed by atoms with Gasteiger partial charge in [-0.05, 0) is 40.5 Å². The van der Waals surface area contributed by atoms with Crippen molar-refractivity contribution in [2.75, 3.05) is 39.9 Å². The fraction of sp³-hybridized carbons (Fsp3) is 0.875. The molecule has 6 heteroatoms. The molecule has 128 valence electrons. The van der Waals surface area contributed by atoms with Crippen LogP contribution < -0.4 is 5.32 Å². The van der Waals surface area contributed by atoms with Crippen molar-refractivity contribution in [3.05, 3.63) is 0 Å². The summed E-state index contributed by atoms with van der Waals surface area (Å²) in [5.74, 6) is 0.690. The van der Waals surface area contributed by atoms with Crippen molar-refractivity contribution in [1.29, 1.82) is 0 Å². The summed E-state index contributed by atoms with van der Waals surface area (Å²) in [6.45, 7) is 11.3. The number of nitrogens with one attached hydrogen (secondary N) is 1. The molecule has 1 aliphatic rings. The van der Waals surface area contributed by atoms with Crippen molar-refractivity contribution in [2.24, 2.45) is 10.9 Å². The highest BCUT2D eigenvalue weighted by atomic mass is 16.5. The summed E-state index contributed by atoms with van der Waals surface area (Å²) < 4.78 is 10.6. The summed E-state index contributed by atoms with van der Waals surface area (Å²) in [4.78, 5) is 18.8. The van der Waals surface area contributed by atoms with Crippen LogP contribution in [0.25, 0.3) is 0 Å². The second-order valence-electron chi connectivity index (χ2n) is 6.17. The molecular weight excluding hydrogens is 282 g/mol. The predicted molar refractivity (Wildman–Crippen MR) is 88.0 cm³/mol. The molecule has 0 aromatic heterocycles. The minimum absolute atomic E-state index is 0.0620. The van der Waals surface area contributed by atoms with Crippen molar-refractivity contribution in [1.82, 2.24) is 10.2 Å². The maximum absolute atomic E-state index is 12.0. The van der Waals surface area contributed by atoms with Crippen LogP contribution in [0.3, 0.4) is 0 Å². The van der Waals surface area contributed by atoms with Crippen LogP contribution in [0.4, 0.5) is 0 Å². The standard InChI is InChI=1S/C16H31N3O3/c1-6-17-15(18-12-16(3,4)21-5)19-10-8-9-13(11-19)14(20)22-7-2/h13H,6-12H2,1-5H3,(H,17,18)/t13-/m0/s1. The Balaban J connectivity index is 2.73. The fourth-order valence-electron chi connectivity index (χ4n) is 2.38. The zero-order valence-corrected chi connectivity index (χ0v) is 14.6. The van der Waals surface area contributed by atoms with E-state index in [1.807, 2.05) is 27.7 Å². The summed E-state index contributed by atoms with van der Waals surface area (Å²) in [6.07, 6.45) is 1.86. The number of aliphatic imine (C=N–C) groups is 1. The third-order valence-corrected chi connectivity index (χ3v) is 3.84. The van der Waals surface area contributed by atoms with E-state index in [0.717, 1.165) is 31.9 Å². The molecule has 1 fully saturated rings. The van der Waals surface area contributed by atoms with Crippen molar-refractivity contribution in [2.45, 2.75) is 46.1 Å². The normalized spacial score (nSPS) is 20.0. The lowest BCUT2D eigenvalue weighted by Crippen LogP contribution is -2.48. The monoisotopic (exact) mass is 313 g/mol. The van der Waals surface area contributed by atoms with Crippen LogP contribution in [-0.4, -0.2) is 62.3 Å². The number of guanidine groups is 1. The SMILES string of the molecule is CCNC(=NCC(C)(C)OC)N1CCC[C@H](C(=O)OCC)C1. The minimum Gasteiger partial charge on any atom is -0.466 e. The number of carbonyl (C=O) groups excluding carboxylic acids is 1. The smallest absolute Gasteiger partial charge is 0.310 e. The van der Waals surface area contributed by atoms with Crippen LogP contribution in [0, 0.1) is 5.92 Å². The fourth-order valence-corrected chi connectivity index (χ4v) is 2.38. The quantitative estimate of drug-likeness (QED) is 0.459. The first-order valence-corrected chi connectivity index (χ1v) is 8.18. The predicted octanol–water partition coefficient (Wildman–Crippen LogP) is 1.65. The van der Waals surface area contributed by atoms with Crippen molar-refractivity contribution in [3.63, 3.8) is 0 Å². The molecule has 22 heavy (non-hydrogen) atoms. The molecular formula is C16H31N3O3. The van der Waals surface area contributed by atoms with Gasteiger partial charge in [0.2, 0.25) is 0 Å². The number of hydrogen-bond acceptors (Lipinski definition) is 4. The van der Waals surface area contributed by atoms with E-state index >= 15 is 0 Å². The summed E-state index contributed by atoms with van der Waals surface area (Å²) in [5.41, 5.74) is -0.295. The van der Waals surface area contributed by atoms with E-state index in [4.69, 9.17) is 9.47 Å². The van der Waals surface area contributed by atoms with Gasteiger partial charge in [-0.2, -0.15) is 0 Å². The second-order valence-corrected chi connectivity index (χ2v) is 6.17. The molecule has 0 spiro atoms. The Morgan fingerprint density at radius 1 is 1.41 bits per heavy atom. The molecule has 1 atom stereocenters. The van der Waals surface area contributed by atoms with Gasteiger partial charge in [-0.3, -0.25) is 9.79 Å². The first-order valence-electron chi connectivity index (χ1n) is 8.18. The molecule has 0 aromatic carbocycles. The van der Waals surface area contributed by atoms with Gasteiger partial charge < -0.3 is 19.7 Å². The molecule has 1 heterocycles. The Labute approximate surface area is 134 Å². The maximum Gasteiger partial charge on any atom is 0.310 e. The lowest BCUT2D eigenvalue weighted by atomic mass is 9.98. The number of carbonyl (C=O) groups is 1. The zero-order valence-electron chi connectivity index (χ0n) is 14.6. The number of ether oxygens (including phenoxy) is 2. The summed E-state index contributed by atoms with van der Waals surface area (Å²) in [6, 6.07) is 0. The Hall–Kier alpha value is -1.30. The van der Waals surface area contributed by atoms with Gasteiger partial charge >= 0.3 is 5.97 Å². The van der Waals surface area contributed by atoms with E-state index in [0.29, 0.717) is 19.7 Å². The van der Waals surface area contributed by atoms with Crippen LogP contribution in [0.1, 0.15) is 40.5 Å².